The molecule has 6 heteroatoms. The summed E-state index contributed by atoms with van der Waals surface area (Å²) in [6, 6.07) is 8.65. The Morgan fingerprint density at radius 1 is 1.04 bits per heavy atom. The zero-order valence-electron chi connectivity index (χ0n) is 15.5. The van der Waals surface area contributed by atoms with Crippen LogP contribution in [0.15, 0.2) is 30.6 Å². The zero-order chi connectivity index (χ0) is 18.4. The number of imidazole rings is 1. The van der Waals surface area contributed by atoms with Gasteiger partial charge < -0.3 is 15.5 Å². The number of aromatic nitrogens is 4. The highest BCUT2D eigenvalue weighted by Crippen LogP contribution is 2.22. The summed E-state index contributed by atoms with van der Waals surface area (Å²) in [5, 5.41) is 0. The van der Waals surface area contributed by atoms with E-state index in [-0.39, 0.29) is 5.95 Å². The first-order chi connectivity index (χ1) is 12.7. The quantitative estimate of drug-likeness (QED) is 0.599. The fourth-order valence-corrected chi connectivity index (χ4v) is 3.35. The number of rotatable bonds is 9. The Morgan fingerprint density at radius 3 is 2.42 bits per heavy atom. The number of anilines is 1. The maximum atomic E-state index is 5.83. The van der Waals surface area contributed by atoms with E-state index < -0.39 is 0 Å². The molecule has 3 aromatic rings. The minimum Gasteiger partial charge on any atom is -0.471 e. The van der Waals surface area contributed by atoms with Crippen molar-refractivity contribution in [1.82, 2.24) is 19.9 Å². The van der Waals surface area contributed by atoms with Gasteiger partial charge in [0.15, 0.2) is 11.2 Å². The second-order valence-electron chi connectivity index (χ2n) is 6.74. The van der Waals surface area contributed by atoms with Crippen molar-refractivity contribution < 1.29 is 4.74 Å². The molecule has 0 fully saturated rings. The maximum absolute atomic E-state index is 5.83. The third-order valence-electron chi connectivity index (χ3n) is 4.58. The molecule has 0 amide bonds. The van der Waals surface area contributed by atoms with E-state index >= 15 is 0 Å². The summed E-state index contributed by atoms with van der Waals surface area (Å²) in [5.41, 5.74) is 9.38. The lowest BCUT2D eigenvalue weighted by molar-refractivity contribution is 0.297. The Kier molecular flexibility index (Phi) is 6.04. The molecule has 0 bridgehead atoms. The lowest BCUT2D eigenvalue weighted by atomic mass is 9.91. The minimum atomic E-state index is 0.171. The molecule has 0 aliphatic carbocycles. The van der Waals surface area contributed by atoms with Crippen LogP contribution in [0, 0.1) is 5.92 Å². The Labute approximate surface area is 154 Å². The number of nitrogens with zero attached hydrogens (tertiary/aromatic N) is 3. The molecule has 26 heavy (non-hydrogen) atoms. The molecule has 0 saturated carbocycles. The van der Waals surface area contributed by atoms with Crippen LogP contribution >= 0.6 is 0 Å². The van der Waals surface area contributed by atoms with Gasteiger partial charge in [-0.15, -0.1) is 0 Å². The molecule has 2 heterocycles. The first-order valence-corrected chi connectivity index (χ1v) is 9.36. The molecule has 0 unspecified atom stereocenters. The van der Waals surface area contributed by atoms with Crippen molar-refractivity contribution >= 4 is 17.1 Å². The van der Waals surface area contributed by atoms with E-state index in [2.05, 4.69) is 58.0 Å². The number of benzene rings is 1. The second-order valence-corrected chi connectivity index (χ2v) is 6.74. The van der Waals surface area contributed by atoms with Crippen LogP contribution in [0.1, 0.15) is 50.7 Å². The number of hydrogen-bond acceptors (Lipinski definition) is 5. The smallest absolute Gasteiger partial charge is 0.247 e. The van der Waals surface area contributed by atoms with Crippen LogP contribution in [0.3, 0.4) is 0 Å². The summed E-state index contributed by atoms with van der Waals surface area (Å²) in [6.45, 7) is 4.95. The molecule has 0 aliphatic rings. The fraction of sp³-hybridized carbons (Fsp3) is 0.450. The lowest BCUT2D eigenvalue weighted by Crippen LogP contribution is -2.05. The van der Waals surface area contributed by atoms with Crippen LogP contribution in [0.5, 0.6) is 5.88 Å². The van der Waals surface area contributed by atoms with E-state index in [0.717, 1.165) is 17.9 Å². The highest BCUT2D eigenvalue weighted by Gasteiger charge is 2.11. The van der Waals surface area contributed by atoms with Crippen LogP contribution in [-0.4, -0.2) is 19.9 Å². The van der Waals surface area contributed by atoms with Gasteiger partial charge in [0.1, 0.15) is 6.61 Å². The van der Waals surface area contributed by atoms with E-state index in [1.807, 2.05) is 0 Å². The van der Waals surface area contributed by atoms with Gasteiger partial charge in [-0.2, -0.15) is 9.97 Å². The normalized spacial score (nSPS) is 11.3. The predicted octanol–water partition coefficient (Wildman–Crippen LogP) is 4.27. The summed E-state index contributed by atoms with van der Waals surface area (Å²) in [6.07, 6.45) is 7.81. The number of ether oxygens (including phenoxy) is 1. The molecule has 3 rings (SSSR count). The van der Waals surface area contributed by atoms with Crippen molar-refractivity contribution in [3.8, 4) is 5.88 Å². The highest BCUT2D eigenvalue weighted by molar-refractivity contribution is 5.76. The van der Waals surface area contributed by atoms with E-state index in [9.17, 15) is 0 Å². The van der Waals surface area contributed by atoms with Crippen LogP contribution in [0.25, 0.3) is 11.2 Å². The zero-order valence-corrected chi connectivity index (χ0v) is 15.5. The molecule has 0 spiro atoms. The van der Waals surface area contributed by atoms with Gasteiger partial charge in [0, 0.05) is 0 Å². The topological polar surface area (TPSA) is 89.7 Å². The van der Waals surface area contributed by atoms with E-state index in [1.165, 1.54) is 31.2 Å². The lowest BCUT2D eigenvalue weighted by Gasteiger charge is -2.15. The number of aromatic amines is 1. The van der Waals surface area contributed by atoms with Crippen molar-refractivity contribution in [2.75, 3.05) is 5.73 Å². The van der Waals surface area contributed by atoms with Gasteiger partial charge in [0.25, 0.3) is 0 Å². The number of hydrogen-bond donors (Lipinski definition) is 2. The molecular formula is C20H27N5O. The summed E-state index contributed by atoms with van der Waals surface area (Å²) in [7, 11) is 0. The molecule has 138 valence electrons. The Balaban J connectivity index is 1.63. The van der Waals surface area contributed by atoms with Crippen molar-refractivity contribution in [1.29, 1.82) is 0 Å². The second kappa shape index (κ2) is 8.65. The Hall–Kier alpha value is -2.63. The molecule has 0 saturated heterocycles. The average Bonchev–Trinajstić information content (AvgIpc) is 3.09. The minimum absolute atomic E-state index is 0.171. The average molecular weight is 353 g/mol. The summed E-state index contributed by atoms with van der Waals surface area (Å²) in [4.78, 5) is 15.4. The standard InChI is InChI=1S/C20H27N5O/c1-3-5-14(6-4-2)11-15-7-9-16(10-8-15)12-26-19-17-18(23-13-22-17)24-20(21)25-19/h7-10,13-14H,3-6,11-12H2,1-2H3,(H3,21,22,23,24,25). The summed E-state index contributed by atoms with van der Waals surface area (Å²) >= 11 is 0. The third kappa shape index (κ3) is 4.50. The molecule has 0 atom stereocenters. The van der Waals surface area contributed by atoms with Crippen LogP contribution in [0.4, 0.5) is 5.95 Å². The number of nitrogens with two attached hydrogens (primary N) is 1. The van der Waals surface area contributed by atoms with E-state index in [1.54, 1.807) is 6.33 Å². The monoisotopic (exact) mass is 353 g/mol. The molecule has 0 aliphatic heterocycles. The Bertz CT molecular complexity index is 822. The van der Waals surface area contributed by atoms with Gasteiger partial charge in [-0.25, -0.2) is 4.98 Å². The highest BCUT2D eigenvalue weighted by atomic mass is 16.5. The molecule has 0 radical (unpaired) electrons. The van der Waals surface area contributed by atoms with Crippen molar-refractivity contribution in [3.05, 3.63) is 41.7 Å². The van der Waals surface area contributed by atoms with Crippen LogP contribution in [0.2, 0.25) is 0 Å². The summed E-state index contributed by atoms with van der Waals surface area (Å²) < 4.78 is 5.83. The van der Waals surface area contributed by atoms with Gasteiger partial charge >= 0.3 is 0 Å². The SMILES string of the molecule is CCCC(CCC)Cc1ccc(COc2nc(N)nc3[nH]cnc23)cc1. The number of nitrogens with one attached hydrogen (secondary N) is 1. The van der Waals surface area contributed by atoms with Gasteiger partial charge in [-0.1, -0.05) is 63.8 Å². The van der Waals surface area contributed by atoms with E-state index in [0.29, 0.717) is 23.7 Å². The van der Waals surface area contributed by atoms with Gasteiger partial charge in [-0.05, 0) is 23.5 Å². The largest absolute Gasteiger partial charge is 0.471 e. The number of nitrogen functional groups attached to an aromatic ring is 1. The molecule has 3 N–H and O–H groups in total. The van der Waals surface area contributed by atoms with Crippen molar-refractivity contribution in [3.63, 3.8) is 0 Å². The summed E-state index contributed by atoms with van der Waals surface area (Å²) in [5.74, 6) is 1.36. The third-order valence-corrected chi connectivity index (χ3v) is 4.58. The van der Waals surface area contributed by atoms with Crippen molar-refractivity contribution in [2.45, 2.75) is 52.6 Å². The molecule has 1 aromatic carbocycles. The van der Waals surface area contributed by atoms with E-state index in [4.69, 9.17) is 10.5 Å². The van der Waals surface area contributed by atoms with Crippen LogP contribution < -0.4 is 10.5 Å². The first-order valence-electron chi connectivity index (χ1n) is 9.36. The van der Waals surface area contributed by atoms with Crippen LogP contribution in [-0.2, 0) is 13.0 Å². The first kappa shape index (κ1) is 18.2. The predicted molar refractivity (Wildman–Crippen MR) is 104 cm³/mol. The fourth-order valence-electron chi connectivity index (χ4n) is 3.35. The molecule has 6 nitrogen and oxygen atoms in total. The molecular weight excluding hydrogens is 326 g/mol. The van der Waals surface area contributed by atoms with Crippen molar-refractivity contribution in [2.24, 2.45) is 5.92 Å². The number of H-pyrrole nitrogens is 1. The van der Waals surface area contributed by atoms with Gasteiger partial charge in [-0.3, -0.25) is 0 Å². The van der Waals surface area contributed by atoms with Gasteiger partial charge in [0.2, 0.25) is 11.8 Å². The molecule has 2 aromatic heterocycles. The number of fused-ring (bicyclic) bond motifs is 1. The Morgan fingerprint density at radius 2 is 1.73 bits per heavy atom. The maximum Gasteiger partial charge on any atom is 0.247 e. The van der Waals surface area contributed by atoms with Gasteiger partial charge in [0.05, 0.1) is 6.33 Å².